The quantitative estimate of drug-likeness (QED) is 0.142. The number of methoxy groups -OCH3 is 2. The van der Waals surface area contributed by atoms with Crippen LogP contribution in [-0.2, 0) is 21.5 Å². The number of hydrogen-bond acceptors (Lipinski definition) is 7. The van der Waals surface area contributed by atoms with E-state index in [9.17, 15) is 4.79 Å². The standard InChI is InChI=1S/C36H43Cl2N3O4/c1-23(22-45-31-13-18-39-30-10-5-7-24(2)32(30)31)21-41-33(38)28-12-11-27(43-3)20-29(28)36(41)16-14-35(15-17-36,34(42)44-4)40-26-9-6-8-25(37)19-26/h6,8-9,11-13,18-20,23-24,33,40H,5,7,10,14-17,21-22H2,1-4H3/t23-,24-,33?,35?,36?/m1/s1. The zero-order valence-electron chi connectivity index (χ0n) is 26.6. The molecule has 45 heavy (non-hydrogen) atoms. The lowest BCUT2D eigenvalue weighted by molar-refractivity contribution is -0.148. The van der Waals surface area contributed by atoms with Crippen LogP contribution < -0.4 is 14.8 Å². The molecule has 2 aromatic carbocycles. The summed E-state index contributed by atoms with van der Waals surface area (Å²) < 4.78 is 17.6. The number of rotatable bonds is 9. The van der Waals surface area contributed by atoms with E-state index in [1.807, 2.05) is 42.6 Å². The maximum Gasteiger partial charge on any atom is 0.331 e. The van der Waals surface area contributed by atoms with E-state index in [0.29, 0.717) is 43.2 Å². The van der Waals surface area contributed by atoms with Gasteiger partial charge in [0.25, 0.3) is 0 Å². The van der Waals surface area contributed by atoms with Crippen molar-refractivity contribution in [2.75, 3.05) is 32.7 Å². The number of aryl methyl sites for hydroxylation is 1. The molecule has 0 radical (unpaired) electrons. The highest BCUT2D eigenvalue weighted by Gasteiger charge is 2.56. The van der Waals surface area contributed by atoms with Crippen molar-refractivity contribution in [3.05, 3.63) is 82.1 Å². The zero-order valence-corrected chi connectivity index (χ0v) is 28.1. The van der Waals surface area contributed by atoms with Crippen LogP contribution in [0.2, 0.25) is 5.02 Å². The van der Waals surface area contributed by atoms with Crippen molar-refractivity contribution in [1.29, 1.82) is 0 Å². The van der Waals surface area contributed by atoms with Gasteiger partial charge in [-0.3, -0.25) is 9.88 Å². The number of nitrogens with zero attached hydrogens (tertiary/aromatic N) is 2. The lowest BCUT2D eigenvalue weighted by Crippen LogP contribution is -2.56. The molecule has 9 heteroatoms. The SMILES string of the molecule is COC(=O)C1(Nc2cccc(Cl)c2)CCC2(CC1)c1cc(OC)ccc1C(Cl)N2C[C@@H](C)COc1ccnc2c1[C@H](C)CCC2. The molecule has 1 fully saturated rings. The van der Waals surface area contributed by atoms with Gasteiger partial charge in [-0.15, -0.1) is 11.6 Å². The van der Waals surface area contributed by atoms with Gasteiger partial charge < -0.3 is 19.5 Å². The van der Waals surface area contributed by atoms with Crippen LogP contribution in [-0.4, -0.2) is 48.8 Å². The first-order chi connectivity index (χ1) is 21.7. The smallest absolute Gasteiger partial charge is 0.331 e. The highest BCUT2D eigenvalue weighted by molar-refractivity contribution is 6.30. The first kappa shape index (κ1) is 32.0. The van der Waals surface area contributed by atoms with Gasteiger partial charge in [0.05, 0.1) is 20.8 Å². The summed E-state index contributed by atoms with van der Waals surface area (Å²) in [4.78, 5) is 20.5. The number of carbonyl (C=O) groups is 1. The van der Waals surface area contributed by atoms with Crippen molar-refractivity contribution in [3.63, 3.8) is 0 Å². The predicted molar refractivity (Wildman–Crippen MR) is 179 cm³/mol. The van der Waals surface area contributed by atoms with Gasteiger partial charge in [-0.1, -0.05) is 37.6 Å². The number of halogens is 2. The number of esters is 1. The van der Waals surface area contributed by atoms with E-state index in [2.05, 4.69) is 41.2 Å². The van der Waals surface area contributed by atoms with E-state index < -0.39 is 5.54 Å². The van der Waals surface area contributed by atoms with Crippen LogP contribution in [0.1, 0.15) is 86.2 Å². The molecular formula is C36H43Cl2N3O4. The fraction of sp³-hybridized carbons (Fsp3) is 0.500. The Kier molecular flexibility index (Phi) is 9.24. The second-order valence-corrected chi connectivity index (χ2v) is 13.9. The van der Waals surface area contributed by atoms with Gasteiger partial charge in [0, 0.05) is 46.2 Å². The van der Waals surface area contributed by atoms with E-state index in [-0.39, 0.29) is 22.9 Å². The largest absolute Gasteiger partial charge is 0.497 e. The Morgan fingerprint density at radius 2 is 1.93 bits per heavy atom. The third-order valence-corrected chi connectivity index (χ3v) is 10.9. The van der Waals surface area contributed by atoms with Gasteiger partial charge in [-0.2, -0.15) is 0 Å². The summed E-state index contributed by atoms with van der Waals surface area (Å²) in [6.07, 6.45) is 7.77. The molecule has 0 amide bonds. The number of nitrogens with one attached hydrogen (secondary N) is 1. The molecule has 3 aliphatic rings. The number of ether oxygens (including phenoxy) is 3. The van der Waals surface area contributed by atoms with Crippen molar-refractivity contribution in [2.45, 2.75) is 81.3 Å². The van der Waals surface area contributed by atoms with E-state index in [1.165, 1.54) is 30.4 Å². The first-order valence-electron chi connectivity index (χ1n) is 16.0. The van der Waals surface area contributed by atoms with Gasteiger partial charge in [0.15, 0.2) is 0 Å². The highest BCUT2D eigenvalue weighted by Crippen LogP contribution is 2.57. The molecule has 3 aromatic rings. The average molecular weight is 653 g/mol. The number of aromatic nitrogens is 1. The second kappa shape index (κ2) is 13.0. The van der Waals surface area contributed by atoms with Crippen LogP contribution in [0.3, 0.4) is 0 Å². The van der Waals surface area contributed by atoms with E-state index >= 15 is 0 Å². The number of fused-ring (bicyclic) bond motifs is 3. The summed E-state index contributed by atoms with van der Waals surface area (Å²) in [7, 11) is 3.14. The molecule has 7 nitrogen and oxygen atoms in total. The summed E-state index contributed by atoms with van der Waals surface area (Å²) in [5.41, 5.74) is 3.93. The normalized spacial score (nSPS) is 26.5. The Labute approximate surface area is 276 Å². The fourth-order valence-electron chi connectivity index (χ4n) is 7.83. The molecule has 1 N–H and O–H groups in total. The molecule has 2 heterocycles. The van der Waals surface area contributed by atoms with Crippen LogP contribution in [0, 0.1) is 5.92 Å². The van der Waals surface area contributed by atoms with Crippen molar-refractivity contribution in [3.8, 4) is 11.5 Å². The fourth-order valence-corrected chi connectivity index (χ4v) is 8.48. The second-order valence-electron chi connectivity index (χ2n) is 13.1. The summed E-state index contributed by atoms with van der Waals surface area (Å²) in [5.74, 6) is 2.13. The Hall–Kier alpha value is -3.00. The minimum atomic E-state index is -0.883. The number of alkyl halides is 1. The molecule has 0 saturated heterocycles. The first-order valence-corrected chi connectivity index (χ1v) is 16.8. The maximum absolute atomic E-state index is 13.4. The highest BCUT2D eigenvalue weighted by atomic mass is 35.5. The van der Waals surface area contributed by atoms with Crippen LogP contribution in [0.5, 0.6) is 11.5 Å². The van der Waals surface area contributed by atoms with Crippen LogP contribution in [0.15, 0.2) is 54.7 Å². The Morgan fingerprint density at radius 3 is 2.67 bits per heavy atom. The molecule has 2 aliphatic carbocycles. The number of benzene rings is 2. The summed E-state index contributed by atoms with van der Waals surface area (Å²) in [6.45, 7) is 5.80. The zero-order chi connectivity index (χ0) is 31.8. The Morgan fingerprint density at radius 1 is 1.13 bits per heavy atom. The third-order valence-electron chi connectivity index (χ3n) is 10.2. The molecule has 1 unspecified atom stereocenters. The number of hydrogen-bond donors (Lipinski definition) is 1. The van der Waals surface area contributed by atoms with Crippen molar-refractivity contribution >= 4 is 34.9 Å². The Bertz CT molecular complexity index is 1540. The lowest BCUT2D eigenvalue weighted by atomic mass is 9.69. The van der Waals surface area contributed by atoms with Crippen LogP contribution in [0.25, 0.3) is 0 Å². The van der Waals surface area contributed by atoms with Crippen molar-refractivity contribution in [1.82, 2.24) is 9.88 Å². The molecule has 3 atom stereocenters. The molecule has 240 valence electrons. The Balaban J connectivity index is 1.26. The summed E-state index contributed by atoms with van der Waals surface area (Å²) in [6, 6.07) is 15.7. The predicted octanol–water partition coefficient (Wildman–Crippen LogP) is 8.24. The summed E-state index contributed by atoms with van der Waals surface area (Å²) >= 11 is 13.6. The minimum absolute atomic E-state index is 0.193. The molecule has 1 aromatic heterocycles. The molecule has 1 spiro atoms. The van der Waals surface area contributed by atoms with Gasteiger partial charge in [0.2, 0.25) is 0 Å². The monoisotopic (exact) mass is 651 g/mol. The maximum atomic E-state index is 13.4. The van der Waals surface area contributed by atoms with Crippen LogP contribution >= 0.6 is 23.2 Å². The third kappa shape index (κ3) is 5.99. The number of pyridine rings is 1. The van der Waals surface area contributed by atoms with E-state index in [1.54, 1.807) is 7.11 Å². The van der Waals surface area contributed by atoms with Gasteiger partial charge in [0.1, 0.15) is 22.5 Å². The number of anilines is 1. The molecule has 1 saturated carbocycles. The van der Waals surface area contributed by atoms with E-state index in [4.69, 9.17) is 37.4 Å². The number of carbonyl (C=O) groups excluding carboxylic acids is 1. The lowest BCUT2D eigenvalue weighted by Gasteiger charge is -2.49. The topological polar surface area (TPSA) is 72.9 Å². The molecule has 0 bridgehead atoms. The van der Waals surface area contributed by atoms with E-state index in [0.717, 1.165) is 42.1 Å². The molecule has 6 rings (SSSR count). The van der Waals surface area contributed by atoms with Gasteiger partial charge in [-0.05, 0) is 98.4 Å². The van der Waals surface area contributed by atoms with Crippen molar-refractivity contribution < 1.29 is 19.0 Å². The average Bonchev–Trinajstić information content (AvgIpc) is 3.26. The molecular weight excluding hydrogens is 609 g/mol. The minimum Gasteiger partial charge on any atom is -0.497 e. The van der Waals surface area contributed by atoms with Gasteiger partial charge >= 0.3 is 5.97 Å². The molecule has 1 aliphatic heterocycles. The summed E-state index contributed by atoms with van der Waals surface area (Å²) in [5, 5.41) is 4.12. The van der Waals surface area contributed by atoms with Crippen LogP contribution in [0.4, 0.5) is 5.69 Å². The van der Waals surface area contributed by atoms with Crippen molar-refractivity contribution in [2.24, 2.45) is 5.92 Å². The van der Waals surface area contributed by atoms with Gasteiger partial charge in [-0.25, -0.2) is 4.79 Å².